The first-order valence-electron chi connectivity index (χ1n) is 11.0. The minimum Gasteiger partial charge on any atom is -0.419 e. The summed E-state index contributed by atoms with van der Waals surface area (Å²) in [5.41, 5.74) is 2.58. The molecule has 5 rings (SSSR count). The lowest BCUT2D eigenvalue weighted by Crippen LogP contribution is -2.31. The van der Waals surface area contributed by atoms with Crippen LogP contribution >= 0.6 is 11.6 Å². The fraction of sp³-hybridized carbons (Fsp3) is 0.280. The van der Waals surface area contributed by atoms with Gasteiger partial charge in [0.1, 0.15) is 0 Å². The van der Waals surface area contributed by atoms with E-state index in [0.717, 1.165) is 42.6 Å². The summed E-state index contributed by atoms with van der Waals surface area (Å²) in [4.78, 5) is 28.4. The van der Waals surface area contributed by atoms with E-state index in [-0.39, 0.29) is 24.4 Å². The third-order valence-corrected chi connectivity index (χ3v) is 6.08. The summed E-state index contributed by atoms with van der Waals surface area (Å²) in [5.74, 6) is 0.863. The number of rotatable bonds is 7. The van der Waals surface area contributed by atoms with Crippen LogP contribution in [-0.4, -0.2) is 39.5 Å². The predicted molar refractivity (Wildman–Crippen MR) is 125 cm³/mol. The SMILES string of the molecule is O=C1CCCN1c1ccc(/C=C/C(=O)N(Cc2nnc(-c3ccc(Cl)cc3)o2)C2CC2)cc1. The van der Waals surface area contributed by atoms with Gasteiger partial charge < -0.3 is 14.2 Å². The summed E-state index contributed by atoms with van der Waals surface area (Å²) >= 11 is 5.93. The Morgan fingerprint density at radius 2 is 1.88 bits per heavy atom. The quantitative estimate of drug-likeness (QED) is 0.474. The van der Waals surface area contributed by atoms with Gasteiger partial charge in [0.25, 0.3) is 0 Å². The van der Waals surface area contributed by atoms with Gasteiger partial charge in [-0.25, -0.2) is 0 Å². The molecule has 1 aliphatic heterocycles. The smallest absolute Gasteiger partial charge is 0.247 e. The van der Waals surface area contributed by atoms with Gasteiger partial charge in [0, 0.05) is 41.4 Å². The molecule has 0 atom stereocenters. The molecule has 0 bridgehead atoms. The van der Waals surface area contributed by atoms with Gasteiger partial charge >= 0.3 is 0 Å². The average Bonchev–Trinajstić information content (AvgIpc) is 3.41. The number of hydrogen-bond donors (Lipinski definition) is 0. The third-order valence-electron chi connectivity index (χ3n) is 5.83. The maximum absolute atomic E-state index is 12.9. The van der Waals surface area contributed by atoms with E-state index in [2.05, 4.69) is 10.2 Å². The number of halogens is 1. The largest absolute Gasteiger partial charge is 0.419 e. The summed E-state index contributed by atoms with van der Waals surface area (Å²) in [6, 6.07) is 15.0. The molecule has 0 spiro atoms. The van der Waals surface area contributed by atoms with Gasteiger partial charge in [-0.1, -0.05) is 23.7 Å². The molecule has 33 heavy (non-hydrogen) atoms. The molecule has 0 N–H and O–H groups in total. The van der Waals surface area contributed by atoms with Crippen molar-refractivity contribution in [1.29, 1.82) is 0 Å². The lowest BCUT2D eigenvalue weighted by Gasteiger charge is -2.18. The lowest BCUT2D eigenvalue weighted by atomic mass is 10.2. The van der Waals surface area contributed by atoms with Crippen LogP contribution in [0.15, 0.2) is 59.0 Å². The maximum Gasteiger partial charge on any atom is 0.247 e. The van der Waals surface area contributed by atoms with E-state index in [4.69, 9.17) is 16.0 Å². The van der Waals surface area contributed by atoms with Crippen LogP contribution < -0.4 is 4.90 Å². The molecule has 1 aliphatic carbocycles. The molecule has 8 heteroatoms. The van der Waals surface area contributed by atoms with Crippen LogP contribution in [0.1, 0.15) is 37.1 Å². The molecule has 2 aromatic carbocycles. The monoisotopic (exact) mass is 462 g/mol. The van der Waals surface area contributed by atoms with Crippen molar-refractivity contribution in [1.82, 2.24) is 15.1 Å². The molecule has 2 heterocycles. The molecule has 1 aromatic heterocycles. The Balaban J connectivity index is 1.24. The van der Waals surface area contributed by atoms with E-state index in [9.17, 15) is 9.59 Å². The maximum atomic E-state index is 12.9. The Morgan fingerprint density at radius 3 is 2.55 bits per heavy atom. The van der Waals surface area contributed by atoms with E-state index in [1.807, 2.05) is 36.4 Å². The van der Waals surface area contributed by atoms with Crippen LogP contribution in [0, 0.1) is 0 Å². The van der Waals surface area contributed by atoms with Gasteiger partial charge in [-0.15, -0.1) is 10.2 Å². The first kappa shape index (κ1) is 21.4. The molecule has 168 valence electrons. The Hall–Kier alpha value is -3.45. The van der Waals surface area contributed by atoms with Crippen LogP contribution in [0.25, 0.3) is 17.5 Å². The minimum atomic E-state index is -0.0949. The number of amides is 2. The van der Waals surface area contributed by atoms with Crippen molar-refractivity contribution in [3.8, 4) is 11.5 Å². The van der Waals surface area contributed by atoms with Crippen LogP contribution in [0.4, 0.5) is 5.69 Å². The van der Waals surface area contributed by atoms with Crippen molar-refractivity contribution >= 4 is 35.2 Å². The molecular formula is C25H23ClN4O3. The zero-order valence-electron chi connectivity index (χ0n) is 18.0. The second kappa shape index (κ2) is 9.19. The van der Waals surface area contributed by atoms with E-state index in [0.29, 0.717) is 23.2 Å². The molecule has 7 nitrogen and oxygen atoms in total. The first-order chi connectivity index (χ1) is 16.1. The molecule has 2 amide bonds. The van der Waals surface area contributed by atoms with Gasteiger partial charge in [0.2, 0.25) is 23.6 Å². The number of carbonyl (C=O) groups is 2. The van der Waals surface area contributed by atoms with Crippen LogP contribution in [-0.2, 0) is 16.1 Å². The summed E-state index contributed by atoms with van der Waals surface area (Å²) < 4.78 is 5.79. The van der Waals surface area contributed by atoms with Gasteiger partial charge in [-0.05, 0) is 67.3 Å². The Bertz CT molecular complexity index is 1180. The highest BCUT2D eigenvalue weighted by atomic mass is 35.5. The zero-order chi connectivity index (χ0) is 22.8. The number of nitrogens with zero attached hydrogens (tertiary/aromatic N) is 4. The highest BCUT2D eigenvalue weighted by Gasteiger charge is 2.33. The van der Waals surface area contributed by atoms with Gasteiger partial charge in [0.15, 0.2) is 0 Å². The summed E-state index contributed by atoms with van der Waals surface area (Å²) in [6.45, 7) is 1.03. The molecule has 0 radical (unpaired) electrons. The van der Waals surface area contributed by atoms with E-state index in [1.54, 1.807) is 34.1 Å². The fourth-order valence-corrected chi connectivity index (χ4v) is 4.02. The molecular weight excluding hydrogens is 440 g/mol. The highest BCUT2D eigenvalue weighted by molar-refractivity contribution is 6.30. The molecule has 2 aliphatic rings. The second-order valence-electron chi connectivity index (χ2n) is 8.28. The number of anilines is 1. The van der Waals surface area contributed by atoms with Crippen molar-refractivity contribution in [3.05, 3.63) is 71.1 Å². The summed E-state index contributed by atoms with van der Waals surface area (Å²) in [5, 5.41) is 8.86. The van der Waals surface area contributed by atoms with Crippen molar-refractivity contribution in [2.24, 2.45) is 0 Å². The van der Waals surface area contributed by atoms with Crippen molar-refractivity contribution in [2.45, 2.75) is 38.3 Å². The lowest BCUT2D eigenvalue weighted by molar-refractivity contribution is -0.127. The van der Waals surface area contributed by atoms with Gasteiger partial charge in [0.05, 0.1) is 6.54 Å². The standard InChI is InChI=1S/C25H23ClN4O3/c26-19-8-6-18(7-9-19)25-28-27-22(33-25)16-30(21-12-13-21)24(32)14-5-17-3-10-20(11-4-17)29-15-1-2-23(29)31/h3-11,14,21H,1-2,12-13,15-16H2/b14-5+. The number of aromatic nitrogens is 2. The van der Waals surface area contributed by atoms with Crippen molar-refractivity contribution in [2.75, 3.05) is 11.4 Å². The average molecular weight is 463 g/mol. The van der Waals surface area contributed by atoms with Crippen LogP contribution in [0.3, 0.4) is 0 Å². The number of carbonyl (C=O) groups excluding carboxylic acids is 2. The molecule has 1 saturated carbocycles. The highest BCUT2D eigenvalue weighted by Crippen LogP contribution is 2.29. The topological polar surface area (TPSA) is 79.5 Å². The molecule has 0 unspecified atom stereocenters. The fourth-order valence-electron chi connectivity index (χ4n) is 3.90. The Labute approximate surface area is 196 Å². The molecule has 3 aromatic rings. The summed E-state index contributed by atoms with van der Waals surface area (Å²) in [7, 11) is 0. The molecule has 2 fully saturated rings. The van der Waals surface area contributed by atoms with Crippen molar-refractivity contribution in [3.63, 3.8) is 0 Å². The number of hydrogen-bond acceptors (Lipinski definition) is 5. The molecule has 1 saturated heterocycles. The van der Waals surface area contributed by atoms with Gasteiger partial charge in [-0.2, -0.15) is 0 Å². The van der Waals surface area contributed by atoms with Crippen LogP contribution in [0.2, 0.25) is 5.02 Å². The Kier molecular flexibility index (Phi) is 5.96. The van der Waals surface area contributed by atoms with Gasteiger partial charge in [-0.3, -0.25) is 9.59 Å². The zero-order valence-corrected chi connectivity index (χ0v) is 18.7. The predicted octanol–water partition coefficient (Wildman–Crippen LogP) is 4.72. The second-order valence-corrected chi connectivity index (χ2v) is 8.72. The van der Waals surface area contributed by atoms with E-state index >= 15 is 0 Å². The minimum absolute atomic E-state index is 0.0949. The summed E-state index contributed by atoms with van der Waals surface area (Å²) in [6.07, 6.45) is 6.80. The van der Waals surface area contributed by atoms with E-state index in [1.165, 1.54) is 0 Å². The Morgan fingerprint density at radius 1 is 1.12 bits per heavy atom. The van der Waals surface area contributed by atoms with Crippen LogP contribution in [0.5, 0.6) is 0 Å². The third kappa shape index (κ3) is 4.98. The number of benzene rings is 2. The normalized spacial score (nSPS) is 16.0. The van der Waals surface area contributed by atoms with Crippen molar-refractivity contribution < 1.29 is 14.0 Å². The first-order valence-corrected chi connectivity index (χ1v) is 11.4. The van der Waals surface area contributed by atoms with E-state index < -0.39 is 0 Å².